The summed E-state index contributed by atoms with van der Waals surface area (Å²) >= 11 is 1.92. The van der Waals surface area contributed by atoms with Crippen molar-refractivity contribution < 1.29 is 4.39 Å². The van der Waals surface area contributed by atoms with E-state index in [9.17, 15) is 4.39 Å². The predicted octanol–water partition coefficient (Wildman–Crippen LogP) is 3.95. The van der Waals surface area contributed by atoms with Crippen LogP contribution in [0.1, 0.15) is 31.4 Å². The summed E-state index contributed by atoms with van der Waals surface area (Å²) < 4.78 is 13.8. The monoisotopic (exact) mass is 278 g/mol. The highest BCUT2D eigenvalue weighted by atomic mass is 32.2. The molecule has 4 heteroatoms. The molecule has 19 heavy (non-hydrogen) atoms. The van der Waals surface area contributed by atoms with E-state index < -0.39 is 0 Å². The average Bonchev–Trinajstić information content (AvgIpc) is 2.36. The fraction of sp³-hybridized carbons (Fsp3) is 0.533. The number of nitrogens with zero attached hydrogens (tertiary/aromatic N) is 1. The lowest BCUT2D eigenvalue weighted by molar-refractivity contribution is 0.305. The molecule has 0 amide bonds. The smallest absolute Gasteiger partial charge is 0.129 e. The Kier molecular flexibility index (Phi) is 4.05. The maximum atomic E-state index is 13.8. The second kappa shape index (κ2) is 5.42. The third-order valence-corrected chi connectivity index (χ3v) is 4.98. The van der Waals surface area contributed by atoms with Crippen LogP contribution in [-0.4, -0.2) is 17.5 Å². The van der Waals surface area contributed by atoms with Crippen LogP contribution in [0.15, 0.2) is 12.1 Å². The summed E-state index contributed by atoms with van der Waals surface area (Å²) in [4.78, 5) is 0. The van der Waals surface area contributed by atoms with Gasteiger partial charge in [0, 0.05) is 23.0 Å². The first-order chi connectivity index (χ1) is 8.94. The molecule has 1 aromatic rings. The third-order valence-electron chi connectivity index (χ3n) is 3.92. The van der Waals surface area contributed by atoms with Crippen molar-refractivity contribution in [2.24, 2.45) is 5.41 Å². The maximum Gasteiger partial charge on any atom is 0.129 e. The van der Waals surface area contributed by atoms with Crippen molar-refractivity contribution in [2.75, 3.05) is 16.8 Å². The van der Waals surface area contributed by atoms with Crippen LogP contribution < -0.4 is 5.32 Å². The molecule has 1 atom stereocenters. The maximum absolute atomic E-state index is 13.8. The lowest BCUT2D eigenvalue weighted by atomic mass is 9.82. The van der Waals surface area contributed by atoms with E-state index in [1.165, 1.54) is 11.8 Å². The third kappa shape index (κ3) is 3.03. The number of thioether (sulfide) groups is 1. The molecular weight excluding hydrogens is 259 g/mol. The van der Waals surface area contributed by atoms with Crippen molar-refractivity contribution in [2.45, 2.75) is 33.2 Å². The van der Waals surface area contributed by atoms with E-state index >= 15 is 0 Å². The van der Waals surface area contributed by atoms with E-state index in [-0.39, 0.29) is 11.2 Å². The molecule has 0 aliphatic carbocycles. The minimum atomic E-state index is -0.317. The molecule has 0 spiro atoms. The molecule has 1 unspecified atom stereocenters. The van der Waals surface area contributed by atoms with Gasteiger partial charge >= 0.3 is 0 Å². The highest BCUT2D eigenvalue weighted by molar-refractivity contribution is 7.99. The van der Waals surface area contributed by atoms with Crippen molar-refractivity contribution in [1.82, 2.24) is 0 Å². The topological polar surface area (TPSA) is 35.8 Å². The molecule has 1 aliphatic rings. The molecule has 1 N–H and O–H groups in total. The largest absolute Gasteiger partial charge is 0.381 e. The number of hydrogen-bond acceptors (Lipinski definition) is 3. The number of rotatable bonds is 2. The van der Waals surface area contributed by atoms with Crippen LogP contribution in [-0.2, 0) is 0 Å². The van der Waals surface area contributed by atoms with Gasteiger partial charge in [0.05, 0.1) is 11.6 Å². The summed E-state index contributed by atoms with van der Waals surface area (Å²) in [5.74, 6) is 1.88. The van der Waals surface area contributed by atoms with Crippen molar-refractivity contribution in [3.05, 3.63) is 29.1 Å². The Morgan fingerprint density at radius 1 is 1.47 bits per heavy atom. The molecule has 1 aliphatic heterocycles. The number of nitrogens with one attached hydrogen (secondary N) is 1. The summed E-state index contributed by atoms with van der Waals surface area (Å²) in [6.07, 6.45) is 1.15. The standard InChI is InChI=1S/C15H19FN2S/c1-10-12(16)6-11(8-17)7-13(10)18-14-9-19-5-4-15(14,2)3/h6-7,14,18H,4-5,9H2,1-3H3. The highest BCUT2D eigenvalue weighted by Crippen LogP contribution is 2.36. The number of benzene rings is 1. The van der Waals surface area contributed by atoms with E-state index in [4.69, 9.17) is 5.26 Å². The van der Waals surface area contributed by atoms with Gasteiger partial charge in [0.25, 0.3) is 0 Å². The molecule has 0 radical (unpaired) electrons. The lowest BCUT2D eigenvalue weighted by Crippen LogP contribution is -2.41. The summed E-state index contributed by atoms with van der Waals surface area (Å²) in [6, 6.07) is 5.35. The van der Waals surface area contributed by atoms with Gasteiger partial charge in [-0.15, -0.1) is 0 Å². The van der Waals surface area contributed by atoms with Crippen molar-refractivity contribution in [1.29, 1.82) is 5.26 Å². The van der Waals surface area contributed by atoms with Crippen LogP contribution in [0, 0.1) is 29.5 Å². The van der Waals surface area contributed by atoms with E-state index in [0.29, 0.717) is 17.2 Å². The van der Waals surface area contributed by atoms with E-state index in [1.54, 1.807) is 13.0 Å². The molecule has 1 fully saturated rings. The zero-order valence-corrected chi connectivity index (χ0v) is 12.4. The first-order valence-electron chi connectivity index (χ1n) is 6.48. The van der Waals surface area contributed by atoms with Gasteiger partial charge in [-0.05, 0) is 36.6 Å². The van der Waals surface area contributed by atoms with Crippen LogP contribution in [0.2, 0.25) is 0 Å². The van der Waals surface area contributed by atoms with Crippen LogP contribution in [0.5, 0.6) is 0 Å². The lowest BCUT2D eigenvalue weighted by Gasteiger charge is -2.39. The molecule has 1 aromatic carbocycles. The summed E-state index contributed by atoms with van der Waals surface area (Å²) in [5, 5.41) is 12.4. The fourth-order valence-corrected chi connectivity index (χ4v) is 3.86. The molecule has 2 rings (SSSR count). The Hall–Kier alpha value is -1.21. The Morgan fingerprint density at radius 2 is 2.21 bits per heavy atom. The van der Waals surface area contributed by atoms with Gasteiger partial charge in [0.2, 0.25) is 0 Å². The summed E-state index contributed by atoms with van der Waals surface area (Å²) in [7, 11) is 0. The number of hydrogen-bond donors (Lipinski definition) is 1. The van der Waals surface area contributed by atoms with Gasteiger partial charge in [0.15, 0.2) is 0 Å². The second-order valence-corrected chi connectivity index (χ2v) is 6.90. The fourth-order valence-electron chi connectivity index (χ4n) is 2.25. The zero-order valence-electron chi connectivity index (χ0n) is 11.6. The Labute approximate surface area is 118 Å². The van der Waals surface area contributed by atoms with Crippen LogP contribution in [0.4, 0.5) is 10.1 Å². The average molecular weight is 278 g/mol. The number of anilines is 1. The molecule has 1 heterocycles. The van der Waals surface area contributed by atoms with Crippen LogP contribution in [0.3, 0.4) is 0 Å². The Balaban J connectivity index is 2.28. The quantitative estimate of drug-likeness (QED) is 0.889. The number of nitriles is 1. The molecule has 0 aromatic heterocycles. The highest BCUT2D eigenvalue weighted by Gasteiger charge is 2.32. The molecule has 0 bridgehead atoms. The van der Waals surface area contributed by atoms with Crippen molar-refractivity contribution in [3.8, 4) is 6.07 Å². The molecule has 1 saturated heterocycles. The first-order valence-corrected chi connectivity index (χ1v) is 7.64. The molecule has 0 saturated carbocycles. The second-order valence-electron chi connectivity index (χ2n) is 5.75. The van der Waals surface area contributed by atoms with E-state index in [0.717, 1.165) is 17.9 Å². The predicted molar refractivity (Wildman–Crippen MR) is 79.0 cm³/mol. The van der Waals surface area contributed by atoms with Gasteiger partial charge in [-0.1, -0.05) is 13.8 Å². The van der Waals surface area contributed by atoms with Crippen molar-refractivity contribution in [3.63, 3.8) is 0 Å². The normalized spacial score (nSPS) is 21.7. The van der Waals surface area contributed by atoms with Crippen LogP contribution >= 0.6 is 11.8 Å². The van der Waals surface area contributed by atoms with Gasteiger partial charge in [-0.2, -0.15) is 17.0 Å². The van der Waals surface area contributed by atoms with Gasteiger partial charge in [-0.3, -0.25) is 0 Å². The SMILES string of the molecule is Cc1c(F)cc(C#N)cc1NC1CSCCC1(C)C. The van der Waals surface area contributed by atoms with Gasteiger partial charge < -0.3 is 5.32 Å². The summed E-state index contributed by atoms with van der Waals surface area (Å²) in [6.45, 7) is 6.23. The summed E-state index contributed by atoms with van der Waals surface area (Å²) in [5.41, 5.74) is 1.89. The molecule has 2 nitrogen and oxygen atoms in total. The Bertz CT molecular complexity index is 520. The first kappa shape index (κ1) is 14.2. The minimum Gasteiger partial charge on any atom is -0.381 e. The zero-order chi connectivity index (χ0) is 14.0. The van der Waals surface area contributed by atoms with Crippen LogP contribution in [0.25, 0.3) is 0 Å². The van der Waals surface area contributed by atoms with E-state index in [1.807, 2.05) is 17.8 Å². The van der Waals surface area contributed by atoms with Gasteiger partial charge in [-0.25, -0.2) is 4.39 Å². The van der Waals surface area contributed by atoms with E-state index in [2.05, 4.69) is 19.2 Å². The van der Waals surface area contributed by atoms with Gasteiger partial charge in [0.1, 0.15) is 5.82 Å². The molecule has 102 valence electrons. The Morgan fingerprint density at radius 3 is 2.84 bits per heavy atom. The minimum absolute atomic E-state index is 0.191. The number of halogens is 1. The van der Waals surface area contributed by atoms with Crippen molar-refractivity contribution >= 4 is 17.4 Å². The molecular formula is C15H19FN2S.